The lowest BCUT2D eigenvalue weighted by Crippen LogP contribution is -2.25. The molecule has 1 rings (SSSR count). The largest absolute Gasteiger partial charge is 0.399 e. The predicted molar refractivity (Wildman–Crippen MR) is 75.5 cm³/mol. The highest BCUT2D eigenvalue weighted by Gasteiger charge is 2.06. The number of ether oxygens (including phenoxy) is 2. The highest BCUT2D eigenvalue weighted by Crippen LogP contribution is 2.16. The van der Waals surface area contributed by atoms with Gasteiger partial charge in [0.15, 0.2) is 0 Å². The number of hydrogen-bond acceptors (Lipinski definition) is 4. The van der Waals surface area contributed by atoms with Gasteiger partial charge in [-0.15, -0.1) is 0 Å². The van der Waals surface area contributed by atoms with Crippen LogP contribution < -0.4 is 11.1 Å². The summed E-state index contributed by atoms with van der Waals surface area (Å²) in [6.07, 6.45) is 0.742. The van der Waals surface area contributed by atoms with E-state index in [1.54, 1.807) is 25.3 Å². The smallest absolute Gasteiger partial charge is 0.251 e. The van der Waals surface area contributed by atoms with Crippen LogP contribution in [-0.2, 0) is 9.47 Å². The number of amides is 1. The molecule has 106 valence electrons. The average Bonchev–Trinajstić information content (AvgIpc) is 2.36. The molecule has 3 N–H and O–H groups in total. The lowest BCUT2D eigenvalue weighted by atomic mass is 10.2. The van der Waals surface area contributed by atoms with Gasteiger partial charge >= 0.3 is 0 Å². The Labute approximate surface area is 118 Å². The second-order valence-corrected chi connectivity index (χ2v) is 4.42. The van der Waals surface area contributed by atoms with Crippen LogP contribution >= 0.6 is 11.6 Å². The zero-order valence-electron chi connectivity index (χ0n) is 10.9. The van der Waals surface area contributed by atoms with Crippen molar-refractivity contribution in [2.75, 3.05) is 39.2 Å². The number of nitrogen functional groups attached to an aromatic ring is 1. The third-order valence-corrected chi connectivity index (χ3v) is 2.58. The molecule has 0 saturated heterocycles. The Morgan fingerprint density at radius 2 is 2.11 bits per heavy atom. The molecule has 5 nitrogen and oxygen atoms in total. The maximum absolute atomic E-state index is 11.8. The molecule has 1 aromatic carbocycles. The molecule has 0 fully saturated rings. The van der Waals surface area contributed by atoms with Crippen LogP contribution in [-0.4, -0.2) is 39.4 Å². The van der Waals surface area contributed by atoms with Crippen molar-refractivity contribution >= 4 is 23.2 Å². The van der Waals surface area contributed by atoms with Gasteiger partial charge in [0.1, 0.15) is 0 Å². The average molecular weight is 287 g/mol. The van der Waals surface area contributed by atoms with Gasteiger partial charge in [0, 0.05) is 36.5 Å². The molecule has 1 amide bonds. The van der Waals surface area contributed by atoms with Gasteiger partial charge in [0.2, 0.25) is 0 Å². The van der Waals surface area contributed by atoms with Gasteiger partial charge in [-0.1, -0.05) is 11.6 Å². The number of hydrogen-bond donors (Lipinski definition) is 2. The number of benzene rings is 1. The van der Waals surface area contributed by atoms with Gasteiger partial charge in [-0.25, -0.2) is 0 Å². The molecule has 0 heterocycles. The summed E-state index contributed by atoms with van der Waals surface area (Å²) in [4.78, 5) is 11.8. The van der Waals surface area contributed by atoms with Crippen LogP contribution in [0.2, 0.25) is 5.02 Å². The van der Waals surface area contributed by atoms with E-state index in [0.29, 0.717) is 42.6 Å². The monoisotopic (exact) mass is 286 g/mol. The van der Waals surface area contributed by atoms with Gasteiger partial charge in [0.25, 0.3) is 5.91 Å². The number of nitrogens with one attached hydrogen (secondary N) is 1. The first-order valence-corrected chi connectivity index (χ1v) is 6.42. The quantitative estimate of drug-likeness (QED) is 0.563. The van der Waals surface area contributed by atoms with Gasteiger partial charge in [-0.05, 0) is 24.6 Å². The molecular weight excluding hydrogens is 268 g/mol. The summed E-state index contributed by atoms with van der Waals surface area (Å²) in [6, 6.07) is 4.78. The van der Waals surface area contributed by atoms with Crippen LogP contribution in [0.25, 0.3) is 0 Å². The number of carbonyl (C=O) groups excluding carboxylic acids is 1. The van der Waals surface area contributed by atoms with Gasteiger partial charge in [-0.3, -0.25) is 4.79 Å². The van der Waals surface area contributed by atoms with E-state index in [1.165, 1.54) is 0 Å². The van der Waals surface area contributed by atoms with Crippen LogP contribution in [0.4, 0.5) is 5.69 Å². The summed E-state index contributed by atoms with van der Waals surface area (Å²) in [5, 5.41) is 3.23. The van der Waals surface area contributed by atoms with Crippen molar-refractivity contribution in [3.8, 4) is 0 Å². The molecule has 0 saturated carbocycles. The van der Waals surface area contributed by atoms with E-state index in [0.717, 1.165) is 6.42 Å². The predicted octanol–water partition coefficient (Wildman–Crippen LogP) is 1.71. The Bertz CT molecular complexity index is 393. The minimum atomic E-state index is -0.189. The molecule has 0 unspecified atom stereocenters. The number of carbonyl (C=O) groups is 1. The minimum Gasteiger partial charge on any atom is -0.399 e. The second-order valence-electron chi connectivity index (χ2n) is 3.99. The first-order chi connectivity index (χ1) is 9.13. The van der Waals surface area contributed by atoms with E-state index in [2.05, 4.69) is 5.32 Å². The van der Waals surface area contributed by atoms with Crippen molar-refractivity contribution in [3.63, 3.8) is 0 Å². The lowest BCUT2D eigenvalue weighted by Gasteiger charge is -2.07. The van der Waals surface area contributed by atoms with Crippen molar-refractivity contribution in [3.05, 3.63) is 28.8 Å². The van der Waals surface area contributed by atoms with Crippen molar-refractivity contribution < 1.29 is 14.3 Å². The molecule has 0 bridgehead atoms. The minimum absolute atomic E-state index is 0.189. The van der Waals surface area contributed by atoms with Crippen LogP contribution in [0.3, 0.4) is 0 Å². The number of nitrogens with two attached hydrogens (primary N) is 1. The molecule has 0 aromatic heterocycles. The van der Waals surface area contributed by atoms with Gasteiger partial charge in [-0.2, -0.15) is 0 Å². The third kappa shape index (κ3) is 6.42. The van der Waals surface area contributed by atoms with Crippen molar-refractivity contribution in [2.24, 2.45) is 0 Å². The SMILES string of the molecule is COCCOCCCNC(=O)c1cc(N)cc(Cl)c1. The molecule has 0 aliphatic heterocycles. The molecule has 0 radical (unpaired) electrons. The van der Waals surface area contributed by atoms with Crippen LogP contribution in [0.15, 0.2) is 18.2 Å². The fraction of sp³-hybridized carbons (Fsp3) is 0.462. The number of halogens is 1. The molecule has 0 aliphatic rings. The Kier molecular flexibility index (Phi) is 7.25. The molecule has 6 heteroatoms. The summed E-state index contributed by atoms with van der Waals surface area (Å²) >= 11 is 5.83. The summed E-state index contributed by atoms with van der Waals surface area (Å²) in [5.41, 5.74) is 6.56. The fourth-order valence-electron chi connectivity index (χ4n) is 1.47. The first kappa shape index (κ1) is 15.8. The van der Waals surface area contributed by atoms with Crippen molar-refractivity contribution in [1.29, 1.82) is 0 Å². The molecule has 0 atom stereocenters. The Morgan fingerprint density at radius 1 is 1.32 bits per heavy atom. The zero-order valence-corrected chi connectivity index (χ0v) is 11.7. The van der Waals surface area contributed by atoms with E-state index >= 15 is 0 Å². The van der Waals surface area contributed by atoms with Crippen molar-refractivity contribution in [2.45, 2.75) is 6.42 Å². The first-order valence-electron chi connectivity index (χ1n) is 6.04. The zero-order chi connectivity index (χ0) is 14.1. The normalized spacial score (nSPS) is 10.4. The summed E-state index contributed by atoms with van der Waals surface area (Å²) in [6.45, 7) is 2.27. The van der Waals surface area contributed by atoms with Gasteiger partial charge in [0.05, 0.1) is 13.2 Å². The number of anilines is 1. The Morgan fingerprint density at radius 3 is 2.79 bits per heavy atom. The topological polar surface area (TPSA) is 73.6 Å². The molecular formula is C13H19ClN2O3. The van der Waals surface area contributed by atoms with Crippen LogP contribution in [0.5, 0.6) is 0 Å². The molecule has 0 spiro atoms. The third-order valence-electron chi connectivity index (χ3n) is 2.37. The standard InChI is InChI=1S/C13H19ClN2O3/c1-18-5-6-19-4-2-3-16-13(17)10-7-11(14)9-12(15)8-10/h7-9H,2-6,15H2,1H3,(H,16,17). The second kappa shape index (κ2) is 8.74. The molecule has 19 heavy (non-hydrogen) atoms. The summed E-state index contributed by atoms with van der Waals surface area (Å²) < 4.78 is 10.1. The van der Waals surface area contributed by atoms with E-state index in [4.69, 9.17) is 26.8 Å². The van der Waals surface area contributed by atoms with Crippen LogP contribution in [0, 0.1) is 0 Å². The van der Waals surface area contributed by atoms with Crippen molar-refractivity contribution in [1.82, 2.24) is 5.32 Å². The van der Waals surface area contributed by atoms with E-state index in [9.17, 15) is 4.79 Å². The lowest BCUT2D eigenvalue weighted by molar-refractivity contribution is 0.0688. The van der Waals surface area contributed by atoms with E-state index < -0.39 is 0 Å². The number of methoxy groups -OCH3 is 1. The Hall–Kier alpha value is -1.30. The highest BCUT2D eigenvalue weighted by molar-refractivity contribution is 6.31. The Balaban J connectivity index is 2.24. The van der Waals surface area contributed by atoms with E-state index in [1.807, 2.05) is 0 Å². The van der Waals surface area contributed by atoms with Gasteiger partial charge < -0.3 is 20.5 Å². The van der Waals surface area contributed by atoms with E-state index in [-0.39, 0.29) is 5.91 Å². The summed E-state index contributed by atoms with van der Waals surface area (Å²) in [7, 11) is 1.63. The molecule has 1 aromatic rings. The maximum Gasteiger partial charge on any atom is 0.251 e. The number of rotatable bonds is 8. The maximum atomic E-state index is 11.8. The fourth-order valence-corrected chi connectivity index (χ4v) is 1.71. The summed E-state index contributed by atoms with van der Waals surface area (Å²) in [5.74, 6) is -0.189. The highest BCUT2D eigenvalue weighted by atomic mass is 35.5. The molecule has 0 aliphatic carbocycles. The van der Waals surface area contributed by atoms with Crippen LogP contribution in [0.1, 0.15) is 16.8 Å².